The zero-order chi connectivity index (χ0) is 17.2. The molecule has 1 aromatic carbocycles. The Kier molecular flexibility index (Phi) is 3.99. The van der Waals surface area contributed by atoms with Gasteiger partial charge in [0.1, 0.15) is 0 Å². The molecule has 0 unspecified atom stereocenters. The Hall–Kier alpha value is -3.06. The lowest BCUT2D eigenvalue weighted by atomic mass is 10.0. The van der Waals surface area contributed by atoms with Crippen LogP contribution in [0.4, 0.5) is 0 Å². The van der Waals surface area contributed by atoms with Gasteiger partial charge in [-0.15, -0.1) is 5.10 Å². The van der Waals surface area contributed by atoms with Crippen molar-refractivity contribution in [1.29, 1.82) is 0 Å². The fourth-order valence-electron chi connectivity index (χ4n) is 2.89. The van der Waals surface area contributed by atoms with Crippen LogP contribution in [0.3, 0.4) is 0 Å². The number of benzene rings is 1. The van der Waals surface area contributed by atoms with Gasteiger partial charge in [0.05, 0.1) is 19.6 Å². The second-order valence-corrected chi connectivity index (χ2v) is 5.74. The Labute approximate surface area is 144 Å². The number of pyridine rings is 1. The van der Waals surface area contributed by atoms with Gasteiger partial charge in [0.25, 0.3) is 0 Å². The summed E-state index contributed by atoms with van der Waals surface area (Å²) in [6.45, 7) is 1.15. The van der Waals surface area contributed by atoms with Crippen molar-refractivity contribution in [2.75, 3.05) is 7.05 Å². The highest BCUT2D eigenvalue weighted by molar-refractivity contribution is 5.77. The lowest BCUT2D eigenvalue weighted by Crippen LogP contribution is -2.20. The molecule has 0 spiro atoms. The van der Waals surface area contributed by atoms with Crippen LogP contribution in [0, 0.1) is 0 Å². The molecule has 3 heterocycles. The molecule has 25 heavy (non-hydrogen) atoms. The van der Waals surface area contributed by atoms with Gasteiger partial charge in [-0.1, -0.05) is 24.3 Å². The molecule has 0 saturated carbocycles. The molecule has 1 N–H and O–H groups in total. The van der Waals surface area contributed by atoms with Crippen molar-refractivity contribution in [2.24, 2.45) is 0 Å². The van der Waals surface area contributed by atoms with Gasteiger partial charge in [-0.05, 0) is 23.3 Å². The van der Waals surface area contributed by atoms with Crippen LogP contribution in [0.2, 0.25) is 0 Å². The first-order valence-corrected chi connectivity index (χ1v) is 8.03. The van der Waals surface area contributed by atoms with Gasteiger partial charge in [0.15, 0.2) is 17.5 Å². The number of carbonyl (C=O) groups is 1. The van der Waals surface area contributed by atoms with E-state index in [9.17, 15) is 4.79 Å². The zero-order valence-corrected chi connectivity index (χ0v) is 13.8. The van der Waals surface area contributed by atoms with Gasteiger partial charge < -0.3 is 10.1 Å². The van der Waals surface area contributed by atoms with Crippen molar-refractivity contribution >= 4 is 5.91 Å². The topological polar surface area (TPSA) is 81.9 Å². The summed E-state index contributed by atoms with van der Waals surface area (Å²) in [5.41, 5.74) is 3.22. The van der Waals surface area contributed by atoms with E-state index in [-0.39, 0.29) is 12.3 Å². The third kappa shape index (κ3) is 2.89. The smallest absolute Gasteiger partial charge is 0.227 e. The van der Waals surface area contributed by atoms with Gasteiger partial charge in [0, 0.05) is 18.8 Å². The van der Waals surface area contributed by atoms with E-state index in [0.29, 0.717) is 30.7 Å². The average Bonchev–Trinajstić information content (AvgIpc) is 3.29. The molecule has 0 atom stereocenters. The number of nitrogens with one attached hydrogen (secondary N) is 1. The summed E-state index contributed by atoms with van der Waals surface area (Å²) >= 11 is 0. The minimum Gasteiger partial charge on any atom is -0.372 e. The highest BCUT2D eigenvalue weighted by Gasteiger charge is 2.22. The Morgan fingerprint density at radius 1 is 1.24 bits per heavy atom. The molecule has 1 aliphatic rings. The van der Waals surface area contributed by atoms with Crippen LogP contribution in [0.5, 0.6) is 0 Å². The van der Waals surface area contributed by atoms with E-state index in [1.54, 1.807) is 17.9 Å². The molecule has 7 nitrogen and oxygen atoms in total. The van der Waals surface area contributed by atoms with E-state index >= 15 is 0 Å². The summed E-state index contributed by atoms with van der Waals surface area (Å²) in [5, 5.41) is 7.11. The van der Waals surface area contributed by atoms with Gasteiger partial charge in [-0.3, -0.25) is 4.79 Å². The number of carbonyl (C=O) groups excluding carboxylic acids is 1. The fraction of sp³-hybridized carbons (Fsp3) is 0.222. The maximum atomic E-state index is 11.7. The summed E-state index contributed by atoms with van der Waals surface area (Å²) in [4.78, 5) is 20.7. The minimum atomic E-state index is -0.133. The number of nitrogens with zero attached hydrogens (tertiary/aromatic N) is 4. The Morgan fingerprint density at radius 2 is 2.16 bits per heavy atom. The Morgan fingerprint density at radius 3 is 2.96 bits per heavy atom. The van der Waals surface area contributed by atoms with E-state index in [1.807, 2.05) is 30.3 Å². The summed E-state index contributed by atoms with van der Waals surface area (Å²) in [5.74, 6) is 1.65. The van der Waals surface area contributed by atoms with E-state index in [2.05, 4.69) is 26.4 Å². The molecule has 0 fully saturated rings. The molecular formula is C18H17N5O2. The Bertz CT molecular complexity index is 920. The number of hydrogen-bond acceptors (Lipinski definition) is 5. The van der Waals surface area contributed by atoms with Crippen LogP contribution in [0.15, 0.2) is 42.6 Å². The van der Waals surface area contributed by atoms with Crippen LogP contribution < -0.4 is 5.32 Å². The first-order valence-electron chi connectivity index (χ1n) is 8.03. The minimum absolute atomic E-state index is 0.120. The van der Waals surface area contributed by atoms with Gasteiger partial charge in [-0.25, -0.2) is 9.97 Å². The van der Waals surface area contributed by atoms with Crippen molar-refractivity contribution < 1.29 is 9.53 Å². The molecule has 0 aliphatic carbocycles. The molecule has 0 bridgehead atoms. The first kappa shape index (κ1) is 15.5. The number of likely N-dealkylation sites (N-methyl/N-ethyl adjacent to an activating group) is 1. The van der Waals surface area contributed by atoms with Crippen molar-refractivity contribution in [2.45, 2.75) is 19.6 Å². The zero-order valence-electron chi connectivity index (χ0n) is 13.8. The predicted octanol–water partition coefficient (Wildman–Crippen LogP) is 1.65. The second-order valence-electron chi connectivity index (χ2n) is 5.74. The fourth-order valence-corrected chi connectivity index (χ4v) is 2.89. The predicted molar refractivity (Wildman–Crippen MR) is 90.9 cm³/mol. The number of rotatable bonds is 4. The molecule has 1 amide bonds. The second kappa shape index (κ2) is 6.45. The lowest BCUT2D eigenvalue weighted by Gasteiger charge is -2.08. The van der Waals surface area contributed by atoms with Gasteiger partial charge in [-0.2, -0.15) is 4.68 Å². The number of fused-ring (bicyclic) bond motifs is 1. The molecule has 2 aromatic heterocycles. The average molecular weight is 335 g/mol. The van der Waals surface area contributed by atoms with E-state index < -0.39 is 0 Å². The van der Waals surface area contributed by atoms with Crippen LogP contribution in [0.25, 0.3) is 17.2 Å². The number of amides is 1. The number of aromatic nitrogens is 4. The van der Waals surface area contributed by atoms with E-state index in [0.717, 1.165) is 16.7 Å². The highest BCUT2D eigenvalue weighted by atomic mass is 16.5. The van der Waals surface area contributed by atoms with Gasteiger partial charge in [0.2, 0.25) is 5.91 Å². The van der Waals surface area contributed by atoms with E-state index in [1.165, 1.54) is 0 Å². The highest BCUT2D eigenvalue weighted by Crippen LogP contribution is 2.31. The molecule has 3 aromatic rings. The number of ether oxygens (including phenoxy) is 1. The molecule has 7 heteroatoms. The van der Waals surface area contributed by atoms with E-state index in [4.69, 9.17) is 4.74 Å². The van der Waals surface area contributed by atoms with Crippen molar-refractivity contribution in [3.63, 3.8) is 0 Å². The lowest BCUT2D eigenvalue weighted by molar-refractivity contribution is -0.120. The third-order valence-corrected chi connectivity index (χ3v) is 4.13. The SMILES string of the molecule is CNC(=O)Cc1nc(-c2cccc3c2COC3)n(-c2ccccn2)n1. The Balaban J connectivity index is 1.86. The van der Waals surface area contributed by atoms with Gasteiger partial charge >= 0.3 is 0 Å². The molecule has 1 aliphatic heterocycles. The summed E-state index contributed by atoms with van der Waals surface area (Å²) in [6, 6.07) is 11.6. The van der Waals surface area contributed by atoms with Crippen molar-refractivity contribution in [3.8, 4) is 17.2 Å². The first-order chi connectivity index (χ1) is 12.3. The molecular weight excluding hydrogens is 318 g/mol. The monoisotopic (exact) mass is 335 g/mol. The van der Waals surface area contributed by atoms with Crippen molar-refractivity contribution in [3.05, 3.63) is 59.5 Å². The van der Waals surface area contributed by atoms with Crippen molar-refractivity contribution in [1.82, 2.24) is 25.1 Å². The summed E-state index contributed by atoms with van der Waals surface area (Å²) < 4.78 is 7.26. The van der Waals surface area contributed by atoms with Crippen LogP contribution >= 0.6 is 0 Å². The number of hydrogen-bond donors (Lipinski definition) is 1. The van der Waals surface area contributed by atoms with Crippen LogP contribution in [0.1, 0.15) is 17.0 Å². The third-order valence-electron chi connectivity index (χ3n) is 4.13. The summed E-state index contributed by atoms with van der Waals surface area (Å²) in [6.07, 6.45) is 1.83. The summed E-state index contributed by atoms with van der Waals surface area (Å²) in [7, 11) is 1.60. The molecule has 4 rings (SSSR count). The largest absolute Gasteiger partial charge is 0.372 e. The quantitative estimate of drug-likeness (QED) is 0.784. The molecule has 0 saturated heterocycles. The van der Waals surface area contributed by atoms with Crippen LogP contribution in [-0.2, 0) is 29.2 Å². The maximum Gasteiger partial charge on any atom is 0.227 e. The maximum absolute atomic E-state index is 11.7. The normalized spacial score (nSPS) is 12.8. The van der Waals surface area contributed by atoms with Crippen LogP contribution in [-0.4, -0.2) is 32.7 Å². The standard InChI is InChI=1S/C18H17N5O2/c1-19-17(24)9-15-21-18(23(22-15)16-7-2-3-8-20-16)13-6-4-5-12-10-25-11-14(12)13/h2-8H,9-11H2,1H3,(H,19,24). The molecule has 126 valence electrons. The molecule has 0 radical (unpaired) electrons.